The molecular weight excluding hydrogens is 408 g/mol. The van der Waals surface area contributed by atoms with Gasteiger partial charge in [0.1, 0.15) is 5.75 Å². The van der Waals surface area contributed by atoms with E-state index in [0.717, 1.165) is 35.6 Å². The molecule has 0 spiro atoms. The summed E-state index contributed by atoms with van der Waals surface area (Å²) in [5.74, 6) is 0.219. The van der Waals surface area contributed by atoms with Gasteiger partial charge in [0.05, 0.1) is 64.2 Å². The second-order valence-corrected chi connectivity index (χ2v) is 7.42. The van der Waals surface area contributed by atoms with Crippen LogP contribution in [-0.4, -0.2) is 62.8 Å². The van der Waals surface area contributed by atoms with Crippen LogP contribution in [0, 0.1) is 0 Å². The molecule has 0 saturated heterocycles. The van der Waals surface area contributed by atoms with E-state index in [2.05, 4.69) is 10.3 Å². The summed E-state index contributed by atoms with van der Waals surface area (Å²) in [7, 11) is 0. The van der Waals surface area contributed by atoms with Crippen molar-refractivity contribution < 1.29 is 24.1 Å². The SMILES string of the molecule is Oc1ccc(Cl)cc1Cc1cc2nc(c1)COCCOCCNCCOCCOC2. The Labute approximate surface area is 182 Å². The molecule has 2 bridgehead atoms. The first kappa shape index (κ1) is 22.9. The smallest absolute Gasteiger partial charge is 0.119 e. The quantitative estimate of drug-likeness (QED) is 0.748. The van der Waals surface area contributed by atoms with E-state index in [4.69, 9.17) is 30.5 Å². The Morgan fingerprint density at radius 1 is 0.833 bits per heavy atom. The zero-order valence-corrected chi connectivity index (χ0v) is 17.8. The molecule has 1 aromatic carbocycles. The van der Waals surface area contributed by atoms with E-state index in [1.807, 2.05) is 12.1 Å². The highest BCUT2D eigenvalue weighted by molar-refractivity contribution is 6.30. The molecule has 2 aromatic rings. The van der Waals surface area contributed by atoms with Gasteiger partial charge in [-0.1, -0.05) is 11.6 Å². The second kappa shape index (κ2) is 12.8. The summed E-state index contributed by atoms with van der Waals surface area (Å²) >= 11 is 6.09. The number of ether oxygens (including phenoxy) is 4. The highest BCUT2D eigenvalue weighted by atomic mass is 35.5. The van der Waals surface area contributed by atoms with Gasteiger partial charge in [-0.15, -0.1) is 0 Å². The Bertz CT molecular complexity index is 756. The first-order valence-corrected chi connectivity index (χ1v) is 10.6. The lowest BCUT2D eigenvalue weighted by Gasteiger charge is -2.12. The fraction of sp³-hybridized carbons (Fsp3) is 0.500. The fourth-order valence-corrected chi connectivity index (χ4v) is 3.29. The molecule has 0 saturated carbocycles. The van der Waals surface area contributed by atoms with Gasteiger partial charge >= 0.3 is 0 Å². The van der Waals surface area contributed by atoms with Crippen LogP contribution in [0.4, 0.5) is 0 Å². The summed E-state index contributed by atoms with van der Waals surface area (Å²) in [4.78, 5) is 4.65. The number of phenolic OH excluding ortho intramolecular Hbond substituents is 1. The molecule has 0 aliphatic carbocycles. The molecule has 1 aliphatic rings. The fourth-order valence-electron chi connectivity index (χ4n) is 3.09. The number of phenols is 1. The maximum atomic E-state index is 10.2. The standard InChI is InChI=1S/C22H29ClN2O5/c23-19-1-2-22(26)18(14-19)11-17-12-20-15-29-9-7-27-5-3-24-4-6-28-8-10-30-16-21(13-17)25-20/h1-2,12-14,24,26H,3-11,15-16H2. The van der Waals surface area contributed by atoms with Gasteiger partial charge in [0.15, 0.2) is 0 Å². The molecule has 1 aromatic heterocycles. The minimum atomic E-state index is 0.219. The van der Waals surface area contributed by atoms with Crippen LogP contribution in [0.2, 0.25) is 5.02 Å². The second-order valence-electron chi connectivity index (χ2n) is 6.99. The first-order valence-electron chi connectivity index (χ1n) is 10.2. The van der Waals surface area contributed by atoms with E-state index in [9.17, 15) is 5.11 Å². The van der Waals surface area contributed by atoms with Gasteiger partial charge in [0.25, 0.3) is 0 Å². The predicted octanol–water partition coefficient (Wildman–Crippen LogP) is 2.70. The maximum Gasteiger partial charge on any atom is 0.119 e. The predicted molar refractivity (Wildman–Crippen MR) is 114 cm³/mol. The van der Waals surface area contributed by atoms with Crippen LogP contribution in [0.3, 0.4) is 0 Å². The van der Waals surface area contributed by atoms with E-state index in [-0.39, 0.29) is 5.75 Å². The molecule has 164 valence electrons. The number of nitrogens with one attached hydrogen (secondary N) is 1. The van der Waals surface area contributed by atoms with E-state index in [1.54, 1.807) is 18.2 Å². The number of pyridine rings is 1. The number of hydrogen-bond donors (Lipinski definition) is 2. The lowest BCUT2D eigenvalue weighted by Crippen LogP contribution is -2.25. The Morgan fingerprint density at radius 2 is 1.43 bits per heavy atom. The van der Waals surface area contributed by atoms with Gasteiger partial charge in [-0.2, -0.15) is 0 Å². The number of halogens is 1. The van der Waals surface area contributed by atoms with Gasteiger partial charge < -0.3 is 29.4 Å². The van der Waals surface area contributed by atoms with Crippen molar-refractivity contribution in [3.05, 3.63) is 57.9 Å². The number of rotatable bonds is 2. The van der Waals surface area contributed by atoms with Gasteiger partial charge in [0.2, 0.25) is 0 Å². The average molecular weight is 437 g/mol. The van der Waals surface area contributed by atoms with Crippen LogP contribution in [0.1, 0.15) is 22.5 Å². The number of benzene rings is 1. The number of aromatic nitrogens is 1. The third kappa shape index (κ3) is 8.18. The van der Waals surface area contributed by atoms with Gasteiger partial charge in [-0.05, 0) is 41.5 Å². The Hall–Kier alpha value is -1.74. The molecular formula is C22H29ClN2O5. The zero-order chi connectivity index (χ0) is 21.0. The van der Waals surface area contributed by atoms with Gasteiger partial charge in [-0.25, -0.2) is 0 Å². The van der Waals surface area contributed by atoms with Crippen molar-refractivity contribution in [3.63, 3.8) is 0 Å². The average Bonchev–Trinajstić information content (AvgIpc) is 2.73. The number of fused-ring (bicyclic) bond motifs is 2. The molecule has 0 atom stereocenters. The summed E-state index contributed by atoms with van der Waals surface area (Å²) in [6.07, 6.45) is 0.536. The van der Waals surface area contributed by atoms with E-state index < -0.39 is 0 Å². The number of aromatic hydroxyl groups is 1. The summed E-state index contributed by atoms with van der Waals surface area (Å²) in [6, 6.07) is 9.02. The number of hydrogen-bond acceptors (Lipinski definition) is 7. The van der Waals surface area contributed by atoms with E-state index in [1.165, 1.54) is 0 Å². The van der Waals surface area contributed by atoms with E-state index in [0.29, 0.717) is 64.3 Å². The van der Waals surface area contributed by atoms with E-state index >= 15 is 0 Å². The zero-order valence-electron chi connectivity index (χ0n) is 17.1. The van der Waals surface area contributed by atoms with Crippen molar-refractivity contribution in [1.82, 2.24) is 10.3 Å². The molecule has 0 radical (unpaired) electrons. The van der Waals surface area contributed by atoms with Crippen molar-refractivity contribution in [2.45, 2.75) is 19.6 Å². The minimum Gasteiger partial charge on any atom is -0.508 e. The number of nitrogens with zero attached hydrogens (tertiary/aromatic N) is 1. The monoisotopic (exact) mass is 436 g/mol. The topological polar surface area (TPSA) is 82.1 Å². The summed E-state index contributed by atoms with van der Waals surface area (Å²) in [6.45, 7) is 5.65. The van der Waals surface area contributed by atoms with Crippen molar-refractivity contribution in [1.29, 1.82) is 0 Å². The molecule has 0 unspecified atom stereocenters. The Morgan fingerprint density at radius 3 is 2.07 bits per heavy atom. The van der Waals surface area contributed by atoms with Crippen molar-refractivity contribution in [3.8, 4) is 5.75 Å². The molecule has 30 heavy (non-hydrogen) atoms. The van der Waals surface area contributed by atoms with Crippen LogP contribution in [0.5, 0.6) is 5.75 Å². The molecule has 2 N–H and O–H groups in total. The third-order valence-corrected chi connectivity index (χ3v) is 4.75. The maximum absolute atomic E-state index is 10.2. The molecule has 0 amide bonds. The highest BCUT2D eigenvalue weighted by Gasteiger charge is 2.09. The van der Waals surface area contributed by atoms with Crippen LogP contribution >= 0.6 is 11.6 Å². The summed E-state index contributed by atoms with van der Waals surface area (Å²) in [5, 5.41) is 14.0. The lowest BCUT2D eigenvalue weighted by atomic mass is 10.0. The van der Waals surface area contributed by atoms with Crippen LogP contribution in [-0.2, 0) is 38.6 Å². The highest BCUT2D eigenvalue weighted by Crippen LogP contribution is 2.25. The van der Waals surface area contributed by atoms with Crippen LogP contribution in [0.15, 0.2) is 30.3 Å². The molecule has 1 aliphatic heterocycles. The molecule has 3 rings (SSSR count). The van der Waals surface area contributed by atoms with Crippen molar-refractivity contribution in [2.75, 3.05) is 52.7 Å². The summed E-state index contributed by atoms with van der Waals surface area (Å²) < 4.78 is 22.6. The lowest BCUT2D eigenvalue weighted by molar-refractivity contribution is 0.0324. The Balaban J connectivity index is 1.69. The van der Waals surface area contributed by atoms with Crippen LogP contribution < -0.4 is 5.32 Å². The molecule has 7 nitrogen and oxygen atoms in total. The molecule has 8 heteroatoms. The Kier molecular flexibility index (Phi) is 9.82. The molecule has 0 fully saturated rings. The van der Waals surface area contributed by atoms with Crippen molar-refractivity contribution in [2.24, 2.45) is 0 Å². The van der Waals surface area contributed by atoms with Crippen LogP contribution in [0.25, 0.3) is 0 Å². The normalized spacial score (nSPS) is 17.8. The minimum absolute atomic E-state index is 0.219. The third-order valence-electron chi connectivity index (χ3n) is 4.52. The van der Waals surface area contributed by atoms with Crippen molar-refractivity contribution >= 4 is 11.6 Å². The van der Waals surface area contributed by atoms with Gasteiger partial charge in [0, 0.05) is 24.5 Å². The first-order chi connectivity index (χ1) is 14.7. The summed E-state index contributed by atoms with van der Waals surface area (Å²) in [5.41, 5.74) is 3.39. The molecule has 2 heterocycles. The largest absolute Gasteiger partial charge is 0.508 e. The van der Waals surface area contributed by atoms with Gasteiger partial charge in [-0.3, -0.25) is 4.98 Å².